The van der Waals surface area contributed by atoms with Gasteiger partial charge in [0.15, 0.2) is 4.83 Å². The topological polar surface area (TPSA) is 68.1 Å². The van der Waals surface area contributed by atoms with Gasteiger partial charge in [0.25, 0.3) is 5.56 Å². The molecule has 1 amide bonds. The van der Waals surface area contributed by atoms with Crippen LogP contribution in [-0.4, -0.2) is 38.9 Å². The van der Waals surface area contributed by atoms with E-state index in [1.54, 1.807) is 11.3 Å². The smallest absolute Gasteiger partial charge is 0.279 e. The highest BCUT2D eigenvalue weighted by Crippen LogP contribution is 2.33. The minimum absolute atomic E-state index is 0.000768. The summed E-state index contributed by atoms with van der Waals surface area (Å²) in [7, 11) is 0. The van der Waals surface area contributed by atoms with Gasteiger partial charge in [0.2, 0.25) is 5.91 Å². The monoisotopic (exact) mass is 346 g/mol. The van der Waals surface area contributed by atoms with Crippen LogP contribution in [0.1, 0.15) is 43.0 Å². The molecule has 2 aliphatic rings. The Bertz CT molecular complexity index is 833. The van der Waals surface area contributed by atoms with Gasteiger partial charge in [-0.2, -0.15) is 0 Å². The molecule has 7 heteroatoms. The molecular weight excluding hydrogens is 324 g/mol. The Morgan fingerprint density at radius 3 is 2.79 bits per heavy atom. The first kappa shape index (κ1) is 15.7. The number of amides is 1. The zero-order valence-corrected chi connectivity index (χ0v) is 14.8. The molecule has 6 nitrogen and oxygen atoms in total. The number of aromatic nitrogens is 3. The van der Waals surface area contributed by atoms with E-state index in [1.807, 2.05) is 4.90 Å². The maximum absolute atomic E-state index is 12.8. The van der Waals surface area contributed by atoms with Crippen LogP contribution in [0.4, 0.5) is 0 Å². The largest absolute Gasteiger partial charge is 0.341 e. The standard InChI is InChI=1S/C17H22N4O2S/c1-11-6-8-20(9-7-11)14(22)10-21-17(23)15-12-4-2-3-5-13(12)24-16(15)18-19-21/h11H,2-10H2,1H3. The average molecular weight is 346 g/mol. The number of aryl methyl sites for hydroxylation is 2. The van der Waals surface area contributed by atoms with Gasteiger partial charge in [0, 0.05) is 18.0 Å². The van der Waals surface area contributed by atoms with E-state index in [0.717, 1.165) is 55.6 Å². The van der Waals surface area contributed by atoms with Gasteiger partial charge < -0.3 is 4.90 Å². The van der Waals surface area contributed by atoms with Crippen molar-refractivity contribution in [2.45, 2.75) is 52.0 Å². The van der Waals surface area contributed by atoms with E-state index in [-0.39, 0.29) is 18.0 Å². The van der Waals surface area contributed by atoms with E-state index < -0.39 is 0 Å². The first-order valence-electron chi connectivity index (χ1n) is 8.79. The maximum Gasteiger partial charge on any atom is 0.279 e. The van der Waals surface area contributed by atoms with Crippen molar-refractivity contribution in [1.82, 2.24) is 19.9 Å². The summed E-state index contributed by atoms with van der Waals surface area (Å²) in [4.78, 5) is 29.2. The molecule has 0 bridgehead atoms. The minimum atomic E-state index is -0.155. The lowest BCUT2D eigenvalue weighted by molar-refractivity contribution is -0.133. The molecule has 1 fully saturated rings. The van der Waals surface area contributed by atoms with Crippen molar-refractivity contribution in [3.8, 4) is 0 Å². The van der Waals surface area contributed by atoms with Crippen molar-refractivity contribution in [2.24, 2.45) is 5.92 Å². The van der Waals surface area contributed by atoms with Gasteiger partial charge in [-0.1, -0.05) is 12.1 Å². The molecule has 2 aromatic heterocycles. The molecule has 3 heterocycles. The lowest BCUT2D eigenvalue weighted by Crippen LogP contribution is -2.41. The molecule has 0 radical (unpaired) electrons. The van der Waals surface area contributed by atoms with Crippen LogP contribution >= 0.6 is 11.3 Å². The first-order chi connectivity index (χ1) is 11.6. The number of hydrogen-bond acceptors (Lipinski definition) is 5. The van der Waals surface area contributed by atoms with Gasteiger partial charge in [-0.3, -0.25) is 9.59 Å². The molecule has 4 rings (SSSR count). The van der Waals surface area contributed by atoms with Crippen molar-refractivity contribution < 1.29 is 4.79 Å². The Balaban J connectivity index is 1.62. The van der Waals surface area contributed by atoms with Crippen molar-refractivity contribution in [3.05, 3.63) is 20.8 Å². The van der Waals surface area contributed by atoms with Gasteiger partial charge in [-0.15, -0.1) is 16.4 Å². The minimum Gasteiger partial charge on any atom is -0.341 e. The van der Waals surface area contributed by atoms with Crippen molar-refractivity contribution in [1.29, 1.82) is 0 Å². The maximum atomic E-state index is 12.8. The van der Waals surface area contributed by atoms with Crippen LogP contribution in [0.15, 0.2) is 4.79 Å². The Morgan fingerprint density at radius 2 is 2.00 bits per heavy atom. The molecular formula is C17H22N4O2S. The van der Waals surface area contributed by atoms with Crippen molar-refractivity contribution in [3.63, 3.8) is 0 Å². The summed E-state index contributed by atoms with van der Waals surface area (Å²) in [6.45, 7) is 3.77. The lowest BCUT2D eigenvalue weighted by Gasteiger charge is -2.30. The molecule has 0 unspecified atom stereocenters. The lowest BCUT2D eigenvalue weighted by atomic mass is 9.97. The summed E-state index contributed by atoms with van der Waals surface area (Å²) in [5, 5.41) is 8.93. The fourth-order valence-electron chi connectivity index (χ4n) is 3.70. The van der Waals surface area contributed by atoms with Crippen LogP contribution < -0.4 is 5.56 Å². The van der Waals surface area contributed by atoms with Crippen molar-refractivity contribution in [2.75, 3.05) is 13.1 Å². The van der Waals surface area contributed by atoms with Crippen LogP contribution in [0, 0.1) is 5.92 Å². The Labute approximate surface area is 144 Å². The number of nitrogens with zero attached hydrogens (tertiary/aromatic N) is 4. The highest BCUT2D eigenvalue weighted by molar-refractivity contribution is 7.18. The third-order valence-corrected chi connectivity index (χ3v) is 6.44. The summed E-state index contributed by atoms with van der Waals surface area (Å²) >= 11 is 1.59. The van der Waals surface area contributed by atoms with Gasteiger partial charge in [-0.05, 0) is 50.0 Å². The van der Waals surface area contributed by atoms with Gasteiger partial charge in [0.05, 0.1) is 5.39 Å². The number of carbonyl (C=O) groups excluding carboxylic acids is 1. The van der Waals surface area contributed by atoms with Crippen LogP contribution in [0.2, 0.25) is 0 Å². The highest BCUT2D eigenvalue weighted by Gasteiger charge is 2.24. The Morgan fingerprint density at radius 1 is 1.25 bits per heavy atom. The molecule has 2 aromatic rings. The number of hydrogen-bond donors (Lipinski definition) is 0. The summed E-state index contributed by atoms with van der Waals surface area (Å²) in [6.07, 6.45) is 6.32. The normalized spacial score (nSPS) is 18.8. The van der Waals surface area contributed by atoms with Gasteiger partial charge in [0.1, 0.15) is 6.54 Å². The van der Waals surface area contributed by atoms with Crippen molar-refractivity contribution >= 4 is 27.5 Å². The first-order valence-corrected chi connectivity index (χ1v) is 9.61. The predicted molar refractivity (Wildman–Crippen MR) is 93.3 cm³/mol. The Hall–Kier alpha value is -1.76. The zero-order valence-electron chi connectivity index (χ0n) is 14.0. The van der Waals surface area contributed by atoms with E-state index in [1.165, 1.54) is 16.0 Å². The molecule has 1 aliphatic carbocycles. The van der Waals surface area contributed by atoms with E-state index >= 15 is 0 Å². The second kappa shape index (κ2) is 6.27. The number of thiophene rings is 1. The zero-order chi connectivity index (χ0) is 16.7. The number of rotatable bonds is 2. The summed E-state index contributed by atoms with van der Waals surface area (Å²) in [6, 6.07) is 0. The fourth-order valence-corrected chi connectivity index (χ4v) is 4.89. The van der Waals surface area contributed by atoms with E-state index in [2.05, 4.69) is 17.2 Å². The van der Waals surface area contributed by atoms with E-state index in [9.17, 15) is 9.59 Å². The molecule has 1 saturated heterocycles. The quantitative estimate of drug-likeness (QED) is 0.834. The summed E-state index contributed by atoms with van der Waals surface area (Å²) in [5.41, 5.74) is 0.993. The van der Waals surface area contributed by atoms with Gasteiger partial charge >= 0.3 is 0 Å². The molecule has 128 valence electrons. The van der Waals surface area contributed by atoms with Crippen LogP contribution in [-0.2, 0) is 24.2 Å². The van der Waals surface area contributed by atoms with Crippen LogP contribution in [0.5, 0.6) is 0 Å². The number of fused-ring (bicyclic) bond motifs is 3. The summed E-state index contributed by atoms with van der Waals surface area (Å²) < 4.78 is 1.25. The average Bonchev–Trinajstić information content (AvgIpc) is 2.97. The third-order valence-electron chi connectivity index (χ3n) is 5.27. The molecule has 0 saturated carbocycles. The number of carbonyl (C=O) groups is 1. The highest BCUT2D eigenvalue weighted by atomic mass is 32.1. The summed E-state index contributed by atoms with van der Waals surface area (Å²) in [5.74, 6) is 0.645. The molecule has 1 aliphatic heterocycles. The third kappa shape index (κ3) is 2.75. The van der Waals surface area contributed by atoms with E-state index in [4.69, 9.17) is 0 Å². The van der Waals surface area contributed by atoms with Crippen LogP contribution in [0.25, 0.3) is 10.2 Å². The van der Waals surface area contributed by atoms with Crippen LogP contribution in [0.3, 0.4) is 0 Å². The molecule has 24 heavy (non-hydrogen) atoms. The number of likely N-dealkylation sites (tertiary alicyclic amines) is 1. The predicted octanol–water partition coefficient (Wildman–Crippen LogP) is 1.99. The molecule has 0 spiro atoms. The number of piperidine rings is 1. The SMILES string of the molecule is CC1CCN(C(=O)Cn2nnc3sc4c(c3c2=O)CCCC4)CC1. The molecule has 0 N–H and O–H groups in total. The van der Waals surface area contributed by atoms with Gasteiger partial charge in [-0.25, -0.2) is 4.68 Å². The second-order valence-electron chi connectivity index (χ2n) is 7.01. The molecule has 0 aromatic carbocycles. The Kier molecular flexibility index (Phi) is 4.12. The van der Waals surface area contributed by atoms with E-state index in [0.29, 0.717) is 11.3 Å². The molecule has 0 atom stereocenters. The fraction of sp³-hybridized carbons (Fsp3) is 0.647. The second-order valence-corrected chi connectivity index (χ2v) is 8.09.